The van der Waals surface area contributed by atoms with Gasteiger partial charge in [-0.25, -0.2) is 13.6 Å². The second kappa shape index (κ2) is 4.67. The van der Waals surface area contributed by atoms with Crippen LogP contribution < -0.4 is 0 Å². The van der Waals surface area contributed by atoms with E-state index in [1.54, 1.807) is 0 Å². The normalized spacial score (nSPS) is 12.8. The summed E-state index contributed by atoms with van der Waals surface area (Å²) in [6.07, 6.45) is -5.28. The minimum absolute atomic E-state index is 0.919. The zero-order chi connectivity index (χ0) is 12.3. The number of carbonyl (C=O) groups is 1. The first-order valence-corrected chi connectivity index (χ1v) is 4.06. The van der Waals surface area contributed by atoms with Gasteiger partial charge in [0.25, 0.3) is 0 Å². The summed E-state index contributed by atoms with van der Waals surface area (Å²) in [5, 5.41) is 0. The van der Waals surface area contributed by atoms with E-state index in [0.29, 0.717) is 0 Å². The molecule has 0 heterocycles. The first-order chi connectivity index (χ1) is 6.54. The highest BCUT2D eigenvalue weighted by molar-refractivity contribution is 5.60. The molecule has 0 fully saturated rings. The van der Waals surface area contributed by atoms with Crippen LogP contribution in [0.1, 0.15) is 20.8 Å². The first kappa shape index (κ1) is 14.0. The van der Waals surface area contributed by atoms with E-state index in [9.17, 15) is 22.4 Å². The van der Waals surface area contributed by atoms with Crippen LogP contribution in [0, 0.1) is 0 Å². The lowest BCUT2D eigenvalue weighted by molar-refractivity contribution is -0.161. The van der Waals surface area contributed by atoms with E-state index in [1.165, 1.54) is 20.8 Å². The third-order valence-corrected chi connectivity index (χ3v) is 1.09. The summed E-state index contributed by atoms with van der Waals surface area (Å²) in [6.45, 7) is 2.76. The van der Waals surface area contributed by atoms with Crippen LogP contribution >= 0.6 is 0 Å². The van der Waals surface area contributed by atoms with Gasteiger partial charge in [0.2, 0.25) is 0 Å². The molecule has 0 aromatic carbocycles. The number of hydrogen-bond acceptors (Lipinski definition) is 3. The summed E-state index contributed by atoms with van der Waals surface area (Å²) >= 11 is 0. The van der Waals surface area contributed by atoms with Crippen LogP contribution in [0.3, 0.4) is 0 Å². The molecule has 0 amide bonds. The average Bonchev–Trinajstić information content (AvgIpc) is 1.97. The van der Waals surface area contributed by atoms with Crippen molar-refractivity contribution in [3.63, 3.8) is 0 Å². The Hall–Kier alpha value is -1.01. The van der Waals surface area contributed by atoms with Crippen molar-refractivity contribution >= 4 is 6.16 Å². The molecule has 0 aliphatic carbocycles. The second-order valence-corrected chi connectivity index (χ2v) is 3.81. The molecule has 0 bridgehead atoms. The Kier molecular flexibility index (Phi) is 4.36. The zero-order valence-corrected chi connectivity index (χ0v) is 8.52. The Bertz CT molecular complexity index is 222. The molecule has 0 saturated carbocycles. The van der Waals surface area contributed by atoms with Crippen molar-refractivity contribution in [2.45, 2.75) is 38.7 Å². The van der Waals surface area contributed by atoms with Crippen molar-refractivity contribution in [3.05, 3.63) is 0 Å². The average molecular weight is 232 g/mol. The lowest BCUT2D eigenvalue weighted by Crippen LogP contribution is -2.35. The summed E-state index contributed by atoms with van der Waals surface area (Å²) in [7, 11) is 0. The van der Waals surface area contributed by atoms with Gasteiger partial charge >= 0.3 is 18.5 Å². The maximum Gasteiger partial charge on any atom is 0.509 e. The van der Waals surface area contributed by atoms with Gasteiger partial charge in [-0.3, -0.25) is 0 Å². The topological polar surface area (TPSA) is 35.5 Å². The van der Waals surface area contributed by atoms with E-state index in [2.05, 4.69) is 9.47 Å². The van der Waals surface area contributed by atoms with Crippen LogP contribution in [0.4, 0.5) is 22.4 Å². The summed E-state index contributed by atoms with van der Waals surface area (Å²) in [4.78, 5) is 10.7. The van der Waals surface area contributed by atoms with Gasteiger partial charge in [0.1, 0.15) is 5.60 Å². The summed E-state index contributed by atoms with van der Waals surface area (Å²) < 4.78 is 56.1. The largest absolute Gasteiger partial charge is 0.509 e. The molecule has 0 aliphatic rings. The van der Waals surface area contributed by atoms with Crippen molar-refractivity contribution in [2.24, 2.45) is 0 Å². The van der Waals surface area contributed by atoms with Crippen molar-refractivity contribution in [3.8, 4) is 0 Å². The molecule has 3 nitrogen and oxygen atoms in total. The summed E-state index contributed by atoms with van der Waals surface area (Å²) in [5.74, 6) is -4.35. The van der Waals surface area contributed by atoms with E-state index in [1.807, 2.05) is 0 Å². The van der Waals surface area contributed by atoms with Crippen LogP contribution in [0.2, 0.25) is 0 Å². The molecule has 0 rings (SSSR count). The molecule has 7 heteroatoms. The van der Waals surface area contributed by atoms with Gasteiger partial charge in [0, 0.05) is 0 Å². The third kappa shape index (κ3) is 6.14. The van der Waals surface area contributed by atoms with Gasteiger partial charge in [-0.15, -0.1) is 0 Å². The van der Waals surface area contributed by atoms with Gasteiger partial charge in [0.05, 0.1) is 0 Å². The quantitative estimate of drug-likeness (QED) is 0.554. The van der Waals surface area contributed by atoms with Crippen LogP contribution in [-0.4, -0.2) is 30.7 Å². The highest BCUT2D eigenvalue weighted by atomic mass is 19.3. The molecular weight excluding hydrogens is 220 g/mol. The summed E-state index contributed by atoms with van der Waals surface area (Å²) in [5.41, 5.74) is -0.919. The number of ether oxygens (including phenoxy) is 2. The molecule has 0 N–H and O–H groups in total. The predicted molar refractivity (Wildman–Crippen MR) is 43.1 cm³/mol. The van der Waals surface area contributed by atoms with Crippen LogP contribution in [0.25, 0.3) is 0 Å². The third-order valence-electron chi connectivity index (χ3n) is 1.09. The second-order valence-electron chi connectivity index (χ2n) is 3.81. The maximum atomic E-state index is 12.3. The molecule has 15 heavy (non-hydrogen) atoms. The predicted octanol–water partition coefficient (Wildman–Crippen LogP) is 2.84. The minimum Gasteiger partial charge on any atom is -0.429 e. The molecule has 0 saturated heterocycles. The molecule has 0 radical (unpaired) electrons. The van der Waals surface area contributed by atoms with E-state index >= 15 is 0 Å². The number of halogens is 4. The molecule has 0 aromatic heterocycles. The minimum atomic E-state index is -4.35. The fraction of sp³-hybridized carbons (Fsp3) is 0.875. The van der Waals surface area contributed by atoms with Crippen LogP contribution in [0.15, 0.2) is 0 Å². The number of alkyl halides is 4. The monoisotopic (exact) mass is 232 g/mol. The van der Waals surface area contributed by atoms with Gasteiger partial charge in [0.15, 0.2) is 6.61 Å². The maximum absolute atomic E-state index is 12.3. The fourth-order valence-corrected chi connectivity index (χ4v) is 0.498. The Morgan fingerprint density at radius 1 is 1.27 bits per heavy atom. The van der Waals surface area contributed by atoms with Gasteiger partial charge < -0.3 is 9.47 Å². The highest BCUT2D eigenvalue weighted by Crippen LogP contribution is 2.23. The van der Waals surface area contributed by atoms with Crippen LogP contribution in [0.5, 0.6) is 0 Å². The van der Waals surface area contributed by atoms with E-state index < -0.39 is 30.7 Å². The SMILES string of the molecule is CC(C)(C)OC(=O)OCC(F)(F)C(F)F. The fourth-order valence-electron chi connectivity index (χ4n) is 0.498. The Balaban J connectivity index is 4.02. The molecular formula is C8H12F4O3. The van der Waals surface area contributed by atoms with Crippen molar-refractivity contribution < 1.29 is 31.8 Å². The van der Waals surface area contributed by atoms with Gasteiger partial charge in [-0.2, -0.15) is 8.78 Å². The molecule has 90 valence electrons. The molecule has 0 aromatic rings. The number of hydrogen-bond donors (Lipinski definition) is 0. The van der Waals surface area contributed by atoms with E-state index in [-0.39, 0.29) is 0 Å². The highest BCUT2D eigenvalue weighted by Gasteiger charge is 2.42. The van der Waals surface area contributed by atoms with E-state index in [4.69, 9.17) is 0 Å². The van der Waals surface area contributed by atoms with Crippen molar-refractivity contribution in [1.29, 1.82) is 0 Å². The molecule has 0 spiro atoms. The number of rotatable bonds is 3. The van der Waals surface area contributed by atoms with Gasteiger partial charge in [-0.1, -0.05) is 0 Å². The smallest absolute Gasteiger partial charge is 0.429 e. The number of carbonyl (C=O) groups excluding carboxylic acids is 1. The Morgan fingerprint density at radius 3 is 2.07 bits per heavy atom. The Morgan fingerprint density at radius 2 is 1.73 bits per heavy atom. The summed E-state index contributed by atoms with van der Waals surface area (Å²) in [6, 6.07) is 0. The van der Waals surface area contributed by atoms with Crippen LogP contribution in [-0.2, 0) is 9.47 Å². The lowest BCUT2D eigenvalue weighted by atomic mass is 10.2. The molecule has 0 aliphatic heterocycles. The van der Waals surface area contributed by atoms with Crippen molar-refractivity contribution in [1.82, 2.24) is 0 Å². The first-order valence-electron chi connectivity index (χ1n) is 4.06. The van der Waals surface area contributed by atoms with E-state index in [0.717, 1.165) is 0 Å². The lowest BCUT2D eigenvalue weighted by Gasteiger charge is -2.20. The van der Waals surface area contributed by atoms with Crippen molar-refractivity contribution in [2.75, 3.05) is 6.61 Å². The molecule has 0 unspecified atom stereocenters. The zero-order valence-electron chi connectivity index (χ0n) is 8.52. The van der Waals surface area contributed by atoms with Gasteiger partial charge in [-0.05, 0) is 20.8 Å². The molecule has 0 atom stereocenters. The standard InChI is InChI=1S/C8H12F4O3/c1-7(2,3)15-6(13)14-4-8(11,12)5(9)10/h5H,4H2,1-3H3. The Labute approximate surface area is 84.3 Å².